The molecule has 0 radical (unpaired) electrons. The first kappa shape index (κ1) is 22.4. The van der Waals surface area contributed by atoms with Crippen molar-refractivity contribution in [2.24, 2.45) is 5.73 Å². The van der Waals surface area contributed by atoms with Gasteiger partial charge in [0.1, 0.15) is 18.7 Å². The molecule has 0 fully saturated rings. The number of nitrogens with one attached hydrogen (secondary N) is 2. The van der Waals surface area contributed by atoms with Crippen LogP contribution in [0.3, 0.4) is 0 Å². The molecule has 0 aliphatic rings. The van der Waals surface area contributed by atoms with E-state index < -0.39 is 36.6 Å². The lowest BCUT2D eigenvalue weighted by Gasteiger charge is -2.20. The summed E-state index contributed by atoms with van der Waals surface area (Å²) in [5.74, 6) is -1.34. The minimum Gasteiger partial charge on any atom is -0.445 e. The molecule has 1 aromatic carbocycles. The summed E-state index contributed by atoms with van der Waals surface area (Å²) < 4.78 is 5.02. The first-order valence-electron chi connectivity index (χ1n) is 9.15. The van der Waals surface area contributed by atoms with Gasteiger partial charge in [-0.05, 0) is 12.0 Å². The van der Waals surface area contributed by atoms with Gasteiger partial charge in [0.05, 0.1) is 6.61 Å². The lowest BCUT2D eigenvalue weighted by molar-refractivity contribution is -0.129. The molecule has 0 unspecified atom stereocenters. The number of hydrogen-bond donors (Lipinski definition) is 4. The zero-order valence-corrected chi connectivity index (χ0v) is 15.6. The molecule has 0 aliphatic carbocycles. The van der Waals surface area contributed by atoms with Crippen LogP contribution in [0.25, 0.3) is 0 Å². The number of ether oxygens (including phenoxy) is 1. The van der Waals surface area contributed by atoms with Crippen LogP contribution in [0, 0.1) is 0 Å². The molecule has 1 rings (SSSR count). The SMILES string of the molecule is CCCCCC[C@@H](NC(=O)[C@H](CO)NC(=O)OCc1ccccc1)C(N)=O. The standard InChI is InChI=1S/C19H29N3O5/c1-2-3-4-8-11-15(17(20)24)21-18(25)16(12-23)22-19(26)27-13-14-9-6-5-7-10-14/h5-7,9-10,15-16,23H,2-4,8,11-13H2,1H3,(H2,20,24)(H,21,25)(H,22,26)/t15-,16+/m1/s1. The molecule has 1 aromatic rings. The number of alkyl carbamates (subject to hydrolysis) is 1. The third kappa shape index (κ3) is 9.05. The Morgan fingerprint density at radius 3 is 2.37 bits per heavy atom. The minimum atomic E-state index is -1.23. The molecule has 0 saturated heterocycles. The highest BCUT2D eigenvalue weighted by molar-refractivity contribution is 5.90. The second-order valence-corrected chi connectivity index (χ2v) is 6.25. The fourth-order valence-electron chi connectivity index (χ4n) is 2.43. The Kier molecular flexibility index (Phi) is 10.5. The number of hydrogen-bond acceptors (Lipinski definition) is 5. The Labute approximate surface area is 159 Å². The van der Waals surface area contributed by atoms with E-state index in [2.05, 4.69) is 17.6 Å². The first-order valence-corrected chi connectivity index (χ1v) is 9.15. The molecule has 0 heterocycles. The van der Waals surface area contributed by atoms with Gasteiger partial charge in [0, 0.05) is 0 Å². The molecule has 0 aliphatic heterocycles. The van der Waals surface area contributed by atoms with Gasteiger partial charge in [-0.25, -0.2) is 4.79 Å². The van der Waals surface area contributed by atoms with Gasteiger partial charge in [0.25, 0.3) is 0 Å². The zero-order chi connectivity index (χ0) is 20.1. The summed E-state index contributed by atoms with van der Waals surface area (Å²) in [4.78, 5) is 35.6. The zero-order valence-electron chi connectivity index (χ0n) is 15.6. The van der Waals surface area contributed by atoms with Gasteiger partial charge in [-0.3, -0.25) is 9.59 Å². The maximum Gasteiger partial charge on any atom is 0.408 e. The molecule has 8 heteroatoms. The van der Waals surface area contributed by atoms with Gasteiger partial charge >= 0.3 is 6.09 Å². The van der Waals surface area contributed by atoms with E-state index in [1.165, 1.54) is 0 Å². The number of unbranched alkanes of at least 4 members (excludes halogenated alkanes) is 3. The Bertz CT molecular complexity index is 594. The summed E-state index contributed by atoms with van der Waals surface area (Å²) in [6.07, 6.45) is 3.34. The second-order valence-electron chi connectivity index (χ2n) is 6.25. The Balaban J connectivity index is 2.48. The monoisotopic (exact) mass is 379 g/mol. The van der Waals surface area contributed by atoms with Gasteiger partial charge in [-0.15, -0.1) is 0 Å². The predicted molar refractivity (Wildman–Crippen MR) is 101 cm³/mol. The lowest BCUT2D eigenvalue weighted by atomic mass is 10.1. The Hall–Kier alpha value is -2.61. The summed E-state index contributed by atoms with van der Waals surface area (Å²) in [6, 6.07) is 6.97. The fourth-order valence-corrected chi connectivity index (χ4v) is 2.43. The third-order valence-electron chi connectivity index (χ3n) is 4.01. The van der Waals surface area contributed by atoms with Crippen molar-refractivity contribution in [2.75, 3.05) is 6.61 Å². The fraction of sp³-hybridized carbons (Fsp3) is 0.526. The number of carbonyl (C=O) groups is 3. The normalized spacial score (nSPS) is 12.7. The topological polar surface area (TPSA) is 131 Å². The van der Waals surface area contributed by atoms with Gasteiger partial charge in [-0.1, -0.05) is 62.9 Å². The highest BCUT2D eigenvalue weighted by Crippen LogP contribution is 2.06. The lowest BCUT2D eigenvalue weighted by Crippen LogP contribution is -2.54. The highest BCUT2D eigenvalue weighted by atomic mass is 16.5. The largest absolute Gasteiger partial charge is 0.445 e. The van der Waals surface area contributed by atoms with Gasteiger partial charge in [-0.2, -0.15) is 0 Å². The molecule has 3 amide bonds. The average molecular weight is 379 g/mol. The van der Waals surface area contributed by atoms with Crippen LogP contribution in [0.4, 0.5) is 4.79 Å². The van der Waals surface area contributed by atoms with E-state index in [4.69, 9.17) is 10.5 Å². The molecule has 2 atom stereocenters. The minimum absolute atomic E-state index is 0.0355. The molecular formula is C19H29N3O5. The number of aliphatic hydroxyl groups excluding tert-OH is 1. The first-order chi connectivity index (χ1) is 13.0. The van der Waals surface area contributed by atoms with Crippen molar-refractivity contribution in [1.82, 2.24) is 10.6 Å². The van der Waals surface area contributed by atoms with E-state index in [1.807, 2.05) is 18.2 Å². The number of aliphatic hydroxyl groups is 1. The second kappa shape index (κ2) is 12.7. The van der Waals surface area contributed by atoms with Gasteiger partial charge in [0.15, 0.2) is 0 Å². The average Bonchev–Trinajstić information content (AvgIpc) is 2.67. The van der Waals surface area contributed by atoms with E-state index in [1.54, 1.807) is 12.1 Å². The van der Waals surface area contributed by atoms with E-state index in [-0.39, 0.29) is 6.61 Å². The molecule has 27 heavy (non-hydrogen) atoms. The molecule has 5 N–H and O–H groups in total. The van der Waals surface area contributed by atoms with E-state index in [9.17, 15) is 19.5 Å². The maximum atomic E-state index is 12.2. The van der Waals surface area contributed by atoms with Crippen molar-refractivity contribution >= 4 is 17.9 Å². The summed E-state index contributed by atoms with van der Waals surface area (Å²) in [5.41, 5.74) is 6.12. The van der Waals surface area contributed by atoms with Crippen LogP contribution < -0.4 is 16.4 Å². The highest BCUT2D eigenvalue weighted by Gasteiger charge is 2.25. The van der Waals surface area contributed by atoms with Crippen LogP contribution in [0.5, 0.6) is 0 Å². The van der Waals surface area contributed by atoms with Crippen LogP contribution in [0.1, 0.15) is 44.6 Å². The maximum absolute atomic E-state index is 12.2. The molecule has 150 valence electrons. The smallest absolute Gasteiger partial charge is 0.408 e. The van der Waals surface area contributed by atoms with Crippen molar-refractivity contribution in [1.29, 1.82) is 0 Å². The number of rotatable bonds is 12. The molecule has 0 saturated carbocycles. The molecule has 0 bridgehead atoms. The number of carbonyl (C=O) groups excluding carboxylic acids is 3. The predicted octanol–water partition coefficient (Wildman–Crippen LogP) is 1.21. The number of nitrogens with two attached hydrogens (primary N) is 1. The van der Waals surface area contributed by atoms with Crippen LogP contribution in [-0.4, -0.2) is 41.7 Å². The van der Waals surface area contributed by atoms with Crippen molar-refractivity contribution < 1.29 is 24.2 Å². The Morgan fingerprint density at radius 1 is 1.07 bits per heavy atom. The van der Waals surface area contributed by atoms with Crippen LogP contribution in [0.15, 0.2) is 30.3 Å². The Morgan fingerprint density at radius 2 is 1.78 bits per heavy atom. The summed E-state index contributed by atoms with van der Waals surface area (Å²) in [5, 5.41) is 14.1. The van der Waals surface area contributed by atoms with Crippen molar-refractivity contribution in [2.45, 2.75) is 57.7 Å². The van der Waals surface area contributed by atoms with Gasteiger partial charge < -0.3 is 26.2 Å². The number of benzene rings is 1. The molecule has 8 nitrogen and oxygen atoms in total. The van der Waals surface area contributed by atoms with E-state index in [0.717, 1.165) is 31.2 Å². The van der Waals surface area contributed by atoms with Crippen LogP contribution in [-0.2, 0) is 20.9 Å². The number of primary amides is 1. The molecule has 0 spiro atoms. The van der Waals surface area contributed by atoms with Crippen molar-refractivity contribution in [3.05, 3.63) is 35.9 Å². The summed E-state index contributed by atoms with van der Waals surface area (Å²) in [7, 11) is 0. The van der Waals surface area contributed by atoms with Crippen LogP contribution >= 0.6 is 0 Å². The van der Waals surface area contributed by atoms with Gasteiger partial charge in [0.2, 0.25) is 11.8 Å². The van der Waals surface area contributed by atoms with E-state index in [0.29, 0.717) is 6.42 Å². The summed E-state index contributed by atoms with van der Waals surface area (Å²) in [6.45, 7) is 1.48. The molecular weight excluding hydrogens is 350 g/mol. The quantitative estimate of drug-likeness (QED) is 0.406. The number of amides is 3. The summed E-state index contributed by atoms with van der Waals surface area (Å²) >= 11 is 0. The van der Waals surface area contributed by atoms with E-state index >= 15 is 0 Å². The molecule has 0 aromatic heterocycles. The third-order valence-corrected chi connectivity index (χ3v) is 4.01. The van der Waals surface area contributed by atoms with Crippen molar-refractivity contribution in [3.8, 4) is 0 Å². The van der Waals surface area contributed by atoms with Crippen LogP contribution in [0.2, 0.25) is 0 Å². The van der Waals surface area contributed by atoms with Crippen molar-refractivity contribution in [3.63, 3.8) is 0 Å².